The zero-order valence-corrected chi connectivity index (χ0v) is 10.9. The van der Waals surface area contributed by atoms with Gasteiger partial charge in [-0.05, 0) is 26.1 Å². The predicted octanol–water partition coefficient (Wildman–Crippen LogP) is 2.16. The molecule has 0 aromatic heterocycles. The van der Waals surface area contributed by atoms with Crippen LogP contribution in [-0.4, -0.2) is 37.6 Å². The van der Waals surface area contributed by atoms with E-state index in [9.17, 15) is 0 Å². The van der Waals surface area contributed by atoms with E-state index in [1.54, 1.807) is 0 Å². The summed E-state index contributed by atoms with van der Waals surface area (Å²) in [6.45, 7) is 5.48. The summed E-state index contributed by atoms with van der Waals surface area (Å²) in [5, 5.41) is 3.62. The van der Waals surface area contributed by atoms with Gasteiger partial charge in [0.05, 0.1) is 0 Å². The molecule has 1 rings (SSSR count). The van der Waals surface area contributed by atoms with Gasteiger partial charge in [-0.2, -0.15) is 0 Å². The fourth-order valence-corrected chi connectivity index (χ4v) is 1.99. The minimum atomic E-state index is 0.525. The van der Waals surface area contributed by atoms with Crippen molar-refractivity contribution in [1.82, 2.24) is 10.2 Å². The Kier molecular flexibility index (Phi) is 5.50. The summed E-state index contributed by atoms with van der Waals surface area (Å²) in [6, 6.07) is 11.7. The molecule has 0 heterocycles. The van der Waals surface area contributed by atoms with Crippen LogP contribution in [0.15, 0.2) is 30.3 Å². The molecule has 1 atom stereocenters. The fraction of sp³-hybridized carbons (Fsp3) is 0.571. The predicted molar refractivity (Wildman–Crippen MR) is 70.8 cm³/mol. The lowest BCUT2D eigenvalue weighted by molar-refractivity contribution is 0.323. The van der Waals surface area contributed by atoms with E-state index in [0.29, 0.717) is 12.1 Å². The number of rotatable bonds is 6. The first-order chi connectivity index (χ1) is 7.58. The standard InChI is InChI=1S/C14H24N2/c1-12(2)15-14(11-16(3)4)10-13-8-6-5-7-9-13/h5-9,12,14-15H,10-11H2,1-4H3/t14-/m0/s1. The van der Waals surface area contributed by atoms with Gasteiger partial charge in [0.15, 0.2) is 0 Å². The van der Waals surface area contributed by atoms with Crippen LogP contribution in [0, 0.1) is 0 Å². The van der Waals surface area contributed by atoms with Crippen molar-refractivity contribution < 1.29 is 0 Å². The Balaban J connectivity index is 2.56. The Labute approximate surface area is 99.7 Å². The zero-order valence-electron chi connectivity index (χ0n) is 10.9. The molecule has 16 heavy (non-hydrogen) atoms. The highest BCUT2D eigenvalue weighted by atomic mass is 15.1. The molecule has 1 aromatic rings. The zero-order chi connectivity index (χ0) is 12.0. The van der Waals surface area contributed by atoms with Crippen molar-refractivity contribution in [3.05, 3.63) is 35.9 Å². The summed E-state index contributed by atoms with van der Waals surface area (Å²) < 4.78 is 0. The number of benzene rings is 1. The van der Waals surface area contributed by atoms with Crippen LogP contribution in [0.3, 0.4) is 0 Å². The van der Waals surface area contributed by atoms with E-state index in [-0.39, 0.29) is 0 Å². The largest absolute Gasteiger partial charge is 0.310 e. The Morgan fingerprint density at radius 3 is 2.25 bits per heavy atom. The first kappa shape index (κ1) is 13.2. The van der Waals surface area contributed by atoms with Gasteiger partial charge < -0.3 is 10.2 Å². The van der Waals surface area contributed by atoms with Gasteiger partial charge in [0.25, 0.3) is 0 Å². The van der Waals surface area contributed by atoms with Gasteiger partial charge in [0.1, 0.15) is 0 Å². The number of hydrogen-bond donors (Lipinski definition) is 1. The van der Waals surface area contributed by atoms with E-state index in [0.717, 1.165) is 13.0 Å². The molecule has 2 nitrogen and oxygen atoms in total. The van der Waals surface area contributed by atoms with Crippen LogP contribution in [0.25, 0.3) is 0 Å². The number of likely N-dealkylation sites (N-methyl/N-ethyl adjacent to an activating group) is 1. The highest BCUT2D eigenvalue weighted by Crippen LogP contribution is 2.04. The lowest BCUT2D eigenvalue weighted by atomic mass is 10.0. The topological polar surface area (TPSA) is 15.3 Å². The first-order valence-corrected chi connectivity index (χ1v) is 6.02. The van der Waals surface area contributed by atoms with Crippen LogP contribution in [-0.2, 0) is 6.42 Å². The third-order valence-corrected chi connectivity index (χ3v) is 2.48. The van der Waals surface area contributed by atoms with Crippen molar-refractivity contribution in [2.45, 2.75) is 32.4 Å². The molecule has 1 N–H and O–H groups in total. The van der Waals surface area contributed by atoms with E-state index in [1.807, 2.05) is 0 Å². The second-order valence-electron chi connectivity index (χ2n) is 4.97. The SMILES string of the molecule is CC(C)N[C@@H](Cc1ccccc1)CN(C)C. The molecule has 0 saturated heterocycles. The van der Waals surface area contributed by atoms with Crippen molar-refractivity contribution in [3.8, 4) is 0 Å². The van der Waals surface area contributed by atoms with Crippen molar-refractivity contribution in [1.29, 1.82) is 0 Å². The number of hydrogen-bond acceptors (Lipinski definition) is 2. The molecular formula is C14H24N2. The molecule has 0 radical (unpaired) electrons. The van der Waals surface area contributed by atoms with E-state index in [1.165, 1.54) is 5.56 Å². The van der Waals surface area contributed by atoms with Crippen LogP contribution in [0.2, 0.25) is 0 Å². The van der Waals surface area contributed by atoms with Crippen LogP contribution in [0.4, 0.5) is 0 Å². The van der Waals surface area contributed by atoms with Gasteiger partial charge in [0, 0.05) is 18.6 Å². The molecule has 0 unspecified atom stereocenters. The average molecular weight is 220 g/mol. The smallest absolute Gasteiger partial charge is 0.0237 e. The summed E-state index contributed by atoms with van der Waals surface area (Å²) in [5.41, 5.74) is 1.41. The summed E-state index contributed by atoms with van der Waals surface area (Å²) in [6.07, 6.45) is 1.09. The molecule has 0 fully saturated rings. The Hall–Kier alpha value is -0.860. The van der Waals surface area contributed by atoms with E-state index in [2.05, 4.69) is 68.5 Å². The lowest BCUT2D eigenvalue weighted by Crippen LogP contribution is -2.43. The summed E-state index contributed by atoms with van der Waals surface area (Å²) in [5.74, 6) is 0. The number of nitrogens with zero attached hydrogens (tertiary/aromatic N) is 1. The summed E-state index contributed by atoms with van der Waals surface area (Å²) in [7, 11) is 4.25. The summed E-state index contributed by atoms with van der Waals surface area (Å²) >= 11 is 0. The molecule has 0 spiro atoms. The Bertz CT molecular complexity index is 270. The van der Waals surface area contributed by atoms with Crippen LogP contribution >= 0.6 is 0 Å². The van der Waals surface area contributed by atoms with Crippen LogP contribution < -0.4 is 5.32 Å². The second kappa shape index (κ2) is 6.66. The third-order valence-electron chi connectivity index (χ3n) is 2.48. The molecule has 2 heteroatoms. The minimum absolute atomic E-state index is 0.525. The molecule has 0 amide bonds. The maximum absolute atomic E-state index is 3.62. The quantitative estimate of drug-likeness (QED) is 0.790. The van der Waals surface area contributed by atoms with Gasteiger partial charge in [-0.3, -0.25) is 0 Å². The van der Waals surface area contributed by atoms with E-state index in [4.69, 9.17) is 0 Å². The normalized spacial score (nSPS) is 13.4. The highest BCUT2D eigenvalue weighted by molar-refractivity contribution is 5.16. The molecule has 0 bridgehead atoms. The molecule has 0 aliphatic carbocycles. The Morgan fingerprint density at radius 2 is 1.75 bits per heavy atom. The van der Waals surface area contributed by atoms with E-state index < -0.39 is 0 Å². The molecule has 0 aliphatic rings. The molecule has 0 saturated carbocycles. The minimum Gasteiger partial charge on any atom is -0.310 e. The molecule has 1 aromatic carbocycles. The van der Waals surface area contributed by atoms with E-state index >= 15 is 0 Å². The van der Waals surface area contributed by atoms with Crippen molar-refractivity contribution in [2.24, 2.45) is 0 Å². The highest BCUT2D eigenvalue weighted by Gasteiger charge is 2.11. The van der Waals surface area contributed by atoms with Gasteiger partial charge in [0.2, 0.25) is 0 Å². The first-order valence-electron chi connectivity index (χ1n) is 6.02. The van der Waals surface area contributed by atoms with Gasteiger partial charge in [-0.1, -0.05) is 44.2 Å². The fourth-order valence-electron chi connectivity index (χ4n) is 1.99. The molecule has 0 aliphatic heterocycles. The lowest BCUT2D eigenvalue weighted by Gasteiger charge is -2.24. The second-order valence-corrected chi connectivity index (χ2v) is 4.97. The average Bonchev–Trinajstić information content (AvgIpc) is 2.16. The van der Waals surface area contributed by atoms with Crippen molar-refractivity contribution in [2.75, 3.05) is 20.6 Å². The van der Waals surface area contributed by atoms with Crippen LogP contribution in [0.5, 0.6) is 0 Å². The van der Waals surface area contributed by atoms with Crippen molar-refractivity contribution in [3.63, 3.8) is 0 Å². The van der Waals surface area contributed by atoms with Gasteiger partial charge in [-0.25, -0.2) is 0 Å². The third kappa shape index (κ3) is 5.29. The maximum Gasteiger partial charge on any atom is 0.0237 e. The van der Waals surface area contributed by atoms with Crippen LogP contribution in [0.1, 0.15) is 19.4 Å². The Morgan fingerprint density at radius 1 is 1.12 bits per heavy atom. The summed E-state index contributed by atoms with van der Waals surface area (Å²) in [4.78, 5) is 2.24. The molecule has 90 valence electrons. The van der Waals surface area contributed by atoms with Crippen molar-refractivity contribution >= 4 is 0 Å². The van der Waals surface area contributed by atoms with Gasteiger partial charge in [-0.15, -0.1) is 0 Å². The monoisotopic (exact) mass is 220 g/mol. The van der Waals surface area contributed by atoms with Gasteiger partial charge >= 0.3 is 0 Å². The maximum atomic E-state index is 3.62. The number of nitrogens with one attached hydrogen (secondary N) is 1. The molecular weight excluding hydrogens is 196 g/mol.